The van der Waals surface area contributed by atoms with Crippen LogP contribution >= 0.6 is 7.14 Å². The highest BCUT2D eigenvalue weighted by Gasteiger charge is 2.29. The van der Waals surface area contributed by atoms with Gasteiger partial charge in [-0.2, -0.15) is 0 Å². The van der Waals surface area contributed by atoms with Gasteiger partial charge in [-0.05, 0) is 39.5 Å². The van der Waals surface area contributed by atoms with E-state index in [-0.39, 0.29) is 0 Å². The molecule has 6 aromatic rings. The van der Waals surface area contributed by atoms with Crippen molar-refractivity contribution in [3.63, 3.8) is 0 Å². The van der Waals surface area contributed by atoms with Crippen LogP contribution in [0.2, 0.25) is 0 Å². The van der Waals surface area contributed by atoms with Gasteiger partial charge in [-0.15, -0.1) is 0 Å². The predicted octanol–water partition coefficient (Wildman–Crippen LogP) is 8.58. The highest BCUT2D eigenvalue weighted by molar-refractivity contribution is 7.85. The molecule has 0 heterocycles. The maximum absolute atomic E-state index is 14.8. The minimum absolute atomic E-state index is 0.827. The lowest BCUT2D eigenvalue weighted by atomic mass is 9.95. The van der Waals surface area contributed by atoms with Gasteiger partial charge in [0.1, 0.15) is 0 Å². The molecule has 0 fully saturated rings. The van der Waals surface area contributed by atoms with E-state index in [1.165, 1.54) is 11.1 Å². The van der Waals surface area contributed by atoms with Crippen LogP contribution in [0.5, 0.6) is 0 Å². The van der Waals surface area contributed by atoms with Crippen molar-refractivity contribution in [2.45, 2.75) is 0 Å². The monoisotopic (exact) mass is 532 g/mol. The van der Waals surface area contributed by atoms with E-state index in [0.29, 0.717) is 0 Å². The van der Waals surface area contributed by atoms with E-state index in [1.54, 1.807) is 0 Å². The third kappa shape index (κ3) is 5.25. The van der Waals surface area contributed by atoms with Gasteiger partial charge in [0, 0.05) is 15.9 Å². The maximum Gasteiger partial charge on any atom is 0.171 e. The average molecular weight is 533 g/mol. The maximum atomic E-state index is 14.8. The van der Waals surface area contributed by atoms with Crippen LogP contribution in [0.15, 0.2) is 170 Å². The zero-order chi connectivity index (χ0) is 27.2. The normalized spacial score (nSPS) is 11.8. The quantitative estimate of drug-likeness (QED) is 0.149. The van der Waals surface area contributed by atoms with Crippen molar-refractivity contribution in [3.8, 4) is 11.1 Å². The van der Waals surface area contributed by atoms with E-state index in [0.717, 1.165) is 38.2 Å². The third-order valence-electron chi connectivity index (χ3n) is 7.20. The van der Waals surface area contributed by atoms with E-state index < -0.39 is 7.14 Å². The summed E-state index contributed by atoms with van der Waals surface area (Å²) in [6.07, 6.45) is 2.23. The number of hydrogen-bond donors (Lipinski definition) is 0. The van der Waals surface area contributed by atoms with Gasteiger partial charge in [-0.3, -0.25) is 0 Å². The van der Waals surface area contributed by atoms with Gasteiger partial charge in [-0.25, -0.2) is 0 Å². The first-order valence-electron chi connectivity index (χ1n) is 13.5. The van der Waals surface area contributed by atoms with E-state index in [1.807, 2.05) is 84.9 Å². The van der Waals surface area contributed by atoms with E-state index in [4.69, 9.17) is 0 Å². The lowest BCUT2D eigenvalue weighted by Crippen LogP contribution is -2.24. The molecule has 0 saturated heterocycles. The fraction of sp³-hybridized carbons (Fsp3) is 0. The van der Waals surface area contributed by atoms with Gasteiger partial charge >= 0.3 is 0 Å². The molecule has 0 amide bonds. The van der Waals surface area contributed by atoms with Crippen LogP contribution in [0.25, 0.3) is 22.8 Å². The van der Waals surface area contributed by atoms with Gasteiger partial charge < -0.3 is 4.57 Å². The summed E-state index contributed by atoms with van der Waals surface area (Å²) in [4.78, 5) is 0. The summed E-state index contributed by atoms with van der Waals surface area (Å²) in [5.74, 6) is 0. The van der Waals surface area contributed by atoms with E-state index in [2.05, 4.69) is 91.0 Å². The van der Waals surface area contributed by atoms with Crippen LogP contribution < -0.4 is 15.9 Å². The first-order valence-corrected chi connectivity index (χ1v) is 15.2. The molecule has 40 heavy (non-hydrogen) atoms. The number of rotatable bonds is 7. The van der Waals surface area contributed by atoms with Crippen LogP contribution in [0.1, 0.15) is 16.7 Å². The Morgan fingerprint density at radius 2 is 0.800 bits per heavy atom. The Morgan fingerprint density at radius 1 is 0.400 bits per heavy atom. The smallest absolute Gasteiger partial charge is 0.171 e. The molecule has 0 bridgehead atoms. The van der Waals surface area contributed by atoms with Crippen molar-refractivity contribution in [2.75, 3.05) is 0 Å². The molecule has 192 valence electrons. The fourth-order valence-corrected chi connectivity index (χ4v) is 7.74. The van der Waals surface area contributed by atoms with Crippen LogP contribution in [0.4, 0.5) is 0 Å². The Bertz CT molecular complexity index is 1710. The molecule has 6 aromatic carbocycles. The van der Waals surface area contributed by atoms with Crippen molar-refractivity contribution in [1.29, 1.82) is 0 Å². The molecule has 0 aliphatic carbocycles. The molecule has 0 radical (unpaired) electrons. The second-order valence-electron chi connectivity index (χ2n) is 9.74. The Morgan fingerprint density at radius 3 is 1.32 bits per heavy atom. The van der Waals surface area contributed by atoms with Crippen molar-refractivity contribution < 1.29 is 4.57 Å². The molecule has 2 heteroatoms. The SMILES string of the molecule is O=P(c1ccccc1)(c1ccccc1)c1ccc(/C(=C/c2ccc(-c3ccccc3)cc2)c2ccccc2)cc1. The largest absolute Gasteiger partial charge is 0.309 e. The van der Waals surface area contributed by atoms with Gasteiger partial charge in [0.2, 0.25) is 0 Å². The summed E-state index contributed by atoms with van der Waals surface area (Å²) >= 11 is 0. The molecule has 0 saturated carbocycles. The topological polar surface area (TPSA) is 17.1 Å². The molecule has 1 nitrogen and oxygen atoms in total. The van der Waals surface area contributed by atoms with Crippen LogP contribution in [0.3, 0.4) is 0 Å². The molecular formula is C38H29OP. The summed E-state index contributed by atoms with van der Waals surface area (Å²) in [7, 11) is -3.02. The molecule has 0 spiro atoms. The number of hydrogen-bond acceptors (Lipinski definition) is 1. The standard InChI is InChI=1S/C38H29OP/c39-40(35-17-9-3-10-18-35,36-19-11-4-12-20-36)37-27-25-34(26-28-37)38(33-15-7-2-8-16-33)29-30-21-23-32(24-22-30)31-13-5-1-6-14-31/h1-29H/b38-29+. The van der Waals surface area contributed by atoms with Gasteiger partial charge in [0.05, 0.1) is 0 Å². The highest BCUT2D eigenvalue weighted by atomic mass is 31.2. The lowest BCUT2D eigenvalue weighted by molar-refractivity contribution is 0.592. The van der Waals surface area contributed by atoms with Crippen LogP contribution in [-0.2, 0) is 4.57 Å². The third-order valence-corrected chi connectivity index (χ3v) is 10.3. The zero-order valence-electron chi connectivity index (χ0n) is 22.1. The van der Waals surface area contributed by atoms with Crippen LogP contribution in [0, 0.1) is 0 Å². The Kier molecular flexibility index (Phi) is 7.40. The first-order chi connectivity index (χ1) is 19.7. The molecule has 0 unspecified atom stereocenters. The Labute approximate surface area is 236 Å². The van der Waals surface area contributed by atoms with E-state index in [9.17, 15) is 4.57 Å². The molecule has 0 aromatic heterocycles. The Hall–Kier alpha value is -4.71. The van der Waals surface area contributed by atoms with Crippen molar-refractivity contribution >= 4 is 34.7 Å². The summed E-state index contributed by atoms with van der Waals surface area (Å²) < 4.78 is 14.8. The first kappa shape index (κ1) is 25.6. The fourth-order valence-electron chi connectivity index (χ4n) is 5.09. The molecule has 0 aliphatic heterocycles. The summed E-state index contributed by atoms with van der Waals surface area (Å²) in [6, 6.07) is 57.4. The van der Waals surface area contributed by atoms with E-state index >= 15 is 0 Å². The van der Waals surface area contributed by atoms with Crippen molar-refractivity contribution in [1.82, 2.24) is 0 Å². The summed E-state index contributed by atoms with van der Waals surface area (Å²) in [5, 5.41) is 2.51. The second-order valence-corrected chi connectivity index (χ2v) is 12.5. The predicted molar refractivity (Wildman–Crippen MR) is 171 cm³/mol. The van der Waals surface area contributed by atoms with Crippen molar-refractivity contribution in [2.24, 2.45) is 0 Å². The van der Waals surface area contributed by atoms with Crippen molar-refractivity contribution in [3.05, 3.63) is 187 Å². The second kappa shape index (κ2) is 11.6. The molecule has 6 rings (SSSR count). The molecule has 0 atom stereocenters. The Balaban J connectivity index is 1.41. The minimum Gasteiger partial charge on any atom is -0.309 e. The summed E-state index contributed by atoms with van der Waals surface area (Å²) in [5.41, 5.74) is 6.86. The summed E-state index contributed by atoms with van der Waals surface area (Å²) in [6.45, 7) is 0. The average Bonchev–Trinajstić information content (AvgIpc) is 3.05. The minimum atomic E-state index is -3.02. The van der Waals surface area contributed by atoms with Gasteiger partial charge in [-0.1, -0.05) is 170 Å². The van der Waals surface area contributed by atoms with Gasteiger partial charge in [0.15, 0.2) is 7.14 Å². The molecule has 0 N–H and O–H groups in total. The molecular weight excluding hydrogens is 503 g/mol. The number of benzene rings is 6. The van der Waals surface area contributed by atoms with Crippen LogP contribution in [-0.4, -0.2) is 0 Å². The lowest BCUT2D eigenvalue weighted by Gasteiger charge is -2.20. The molecule has 0 aliphatic rings. The zero-order valence-corrected chi connectivity index (χ0v) is 23.0. The highest BCUT2D eigenvalue weighted by Crippen LogP contribution is 2.42. The van der Waals surface area contributed by atoms with Gasteiger partial charge in [0.25, 0.3) is 0 Å².